The van der Waals surface area contributed by atoms with Crippen LogP contribution in [0.25, 0.3) is 11.5 Å². The van der Waals surface area contributed by atoms with E-state index in [0.717, 1.165) is 23.6 Å². The van der Waals surface area contributed by atoms with Crippen molar-refractivity contribution in [2.75, 3.05) is 39.5 Å². The molecule has 0 saturated carbocycles. The zero-order valence-corrected chi connectivity index (χ0v) is 18.0. The molecular formula is C22H26N4O3S. The van der Waals surface area contributed by atoms with Crippen molar-refractivity contribution < 1.29 is 13.9 Å². The van der Waals surface area contributed by atoms with E-state index in [1.807, 2.05) is 61.5 Å². The van der Waals surface area contributed by atoms with E-state index >= 15 is 0 Å². The fourth-order valence-corrected chi connectivity index (χ4v) is 3.25. The number of benzene rings is 2. The van der Waals surface area contributed by atoms with Crippen LogP contribution >= 0.6 is 11.8 Å². The Balaban J connectivity index is 1.47. The normalized spacial score (nSPS) is 10.9. The largest absolute Gasteiger partial charge is 0.493 e. The van der Waals surface area contributed by atoms with Crippen molar-refractivity contribution in [1.29, 1.82) is 0 Å². The summed E-state index contributed by atoms with van der Waals surface area (Å²) in [6.45, 7) is 1.99. The summed E-state index contributed by atoms with van der Waals surface area (Å²) in [5.41, 5.74) is 1.30. The van der Waals surface area contributed by atoms with Gasteiger partial charge in [0.25, 0.3) is 5.91 Å². The van der Waals surface area contributed by atoms with Crippen molar-refractivity contribution >= 4 is 17.7 Å². The SMILES string of the molecule is CN(C)CCNC(=O)c1cccc(-c2nnc(CSCCOc3ccccc3)o2)c1. The Labute approximate surface area is 180 Å². The number of para-hydroxylation sites is 1. The highest BCUT2D eigenvalue weighted by molar-refractivity contribution is 7.98. The molecule has 158 valence electrons. The zero-order chi connectivity index (χ0) is 21.2. The molecule has 0 aliphatic carbocycles. The summed E-state index contributed by atoms with van der Waals surface area (Å²) in [4.78, 5) is 14.3. The first-order chi connectivity index (χ1) is 14.6. The molecule has 0 bridgehead atoms. The molecule has 2 aromatic carbocycles. The van der Waals surface area contributed by atoms with Gasteiger partial charge in [0.2, 0.25) is 11.8 Å². The van der Waals surface area contributed by atoms with Crippen LogP contribution in [0.2, 0.25) is 0 Å². The van der Waals surface area contributed by atoms with Gasteiger partial charge >= 0.3 is 0 Å². The third-order valence-corrected chi connectivity index (χ3v) is 5.05. The Morgan fingerprint density at radius 3 is 2.77 bits per heavy atom. The van der Waals surface area contributed by atoms with Crippen molar-refractivity contribution in [3.05, 3.63) is 66.1 Å². The molecule has 1 amide bonds. The maximum Gasteiger partial charge on any atom is 0.251 e. The number of aromatic nitrogens is 2. The summed E-state index contributed by atoms with van der Waals surface area (Å²) < 4.78 is 11.4. The number of nitrogens with zero attached hydrogens (tertiary/aromatic N) is 3. The summed E-state index contributed by atoms with van der Waals surface area (Å²) in [5.74, 6) is 3.13. The maximum absolute atomic E-state index is 12.3. The second-order valence-corrected chi connectivity index (χ2v) is 7.96. The van der Waals surface area contributed by atoms with Crippen molar-refractivity contribution in [3.8, 4) is 17.2 Å². The van der Waals surface area contributed by atoms with Gasteiger partial charge in [0.15, 0.2) is 0 Å². The van der Waals surface area contributed by atoms with Gasteiger partial charge in [0.1, 0.15) is 5.75 Å². The average Bonchev–Trinajstić information content (AvgIpc) is 3.23. The lowest BCUT2D eigenvalue weighted by Gasteiger charge is -2.10. The summed E-state index contributed by atoms with van der Waals surface area (Å²) in [6, 6.07) is 16.9. The standard InChI is InChI=1S/C22H26N4O3S/c1-26(2)12-11-23-21(27)17-7-6-8-18(15-17)22-25-24-20(29-22)16-30-14-13-28-19-9-4-3-5-10-19/h3-10,15H,11-14,16H2,1-2H3,(H,23,27). The third-order valence-electron chi connectivity index (χ3n) is 4.15. The van der Waals surface area contributed by atoms with Gasteiger partial charge in [-0.05, 0) is 44.4 Å². The summed E-state index contributed by atoms with van der Waals surface area (Å²) in [7, 11) is 3.93. The lowest BCUT2D eigenvalue weighted by Crippen LogP contribution is -2.31. The zero-order valence-electron chi connectivity index (χ0n) is 17.2. The lowest BCUT2D eigenvalue weighted by atomic mass is 10.1. The number of amides is 1. The number of carbonyl (C=O) groups is 1. The number of nitrogens with one attached hydrogen (secondary N) is 1. The lowest BCUT2D eigenvalue weighted by molar-refractivity contribution is 0.0951. The highest BCUT2D eigenvalue weighted by Gasteiger charge is 2.12. The molecule has 0 spiro atoms. The number of likely N-dealkylation sites (N-methyl/N-ethyl adjacent to an activating group) is 1. The van der Waals surface area contributed by atoms with Crippen LogP contribution in [0.1, 0.15) is 16.2 Å². The molecule has 0 fully saturated rings. The Bertz CT molecular complexity index is 931. The number of thioether (sulfide) groups is 1. The van der Waals surface area contributed by atoms with Crippen LogP contribution in [0, 0.1) is 0 Å². The molecular weight excluding hydrogens is 400 g/mol. The van der Waals surface area contributed by atoms with Gasteiger partial charge in [-0.25, -0.2) is 0 Å². The predicted molar refractivity (Wildman–Crippen MR) is 119 cm³/mol. The molecule has 8 heteroatoms. The fraction of sp³-hybridized carbons (Fsp3) is 0.318. The van der Waals surface area contributed by atoms with Crippen LogP contribution in [0.4, 0.5) is 0 Å². The molecule has 0 saturated heterocycles. The van der Waals surface area contributed by atoms with Gasteiger partial charge in [-0.1, -0.05) is 24.3 Å². The second-order valence-electron chi connectivity index (χ2n) is 6.86. The molecule has 0 aliphatic rings. The van der Waals surface area contributed by atoms with E-state index in [4.69, 9.17) is 9.15 Å². The topological polar surface area (TPSA) is 80.5 Å². The van der Waals surface area contributed by atoms with Crippen molar-refractivity contribution in [1.82, 2.24) is 20.4 Å². The van der Waals surface area contributed by atoms with Gasteiger partial charge < -0.3 is 19.4 Å². The van der Waals surface area contributed by atoms with Gasteiger partial charge in [-0.2, -0.15) is 0 Å². The predicted octanol–water partition coefficient (Wildman–Crippen LogP) is 3.34. The van der Waals surface area contributed by atoms with Crippen LogP contribution in [0.5, 0.6) is 5.75 Å². The van der Waals surface area contributed by atoms with Crippen LogP contribution in [0.3, 0.4) is 0 Å². The van der Waals surface area contributed by atoms with E-state index in [0.29, 0.717) is 36.2 Å². The molecule has 1 N–H and O–H groups in total. The fourth-order valence-electron chi connectivity index (χ4n) is 2.61. The van der Waals surface area contributed by atoms with Crippen LogP contribution in [-0.2, 0) is 5.75 Å². The molecule has 7 nitrogen and oxygen atoms in total. The molecule has 0 unspecified atom stereocenters. The van der Waals surface area contributed by atoms with E-state index < -0.39 is 0 Å². The quantitative estimate of drug-likeness (QED) is 0.471. The molecule has 3 aromatic rings. The number of ether oxygens (including phenoxy) is 1. The minimum atomic E-state index is -0.118. The van der Waals surface area contributed by atoms with Gasteiger partial charge in [-0.15, -0.1) is 22.0 Å². The highest BCUT2D eigenvalue weighted by Crippen LogP contribution is 2.21. The average molecular weight is 427 g/mol. The molecule has 0 radical (unpaired) electrons. The minimum Gasteiger partial charge on any atom is -0.493 e. The smallest absolute Gasteiger partial charge is 0.251 e. The maximum atomic E-state index is 12.3. The van der Waals surface area contributed by atoms with E-state index in [2.05, 4.69) is 15.5 Å². The van der Waals surface area contributed by atoms with Crippen LogP contribution in [0.15, 0.2) is 59.0 Å². The number of hydrogen-bond acceptors (Lipinski definition) is 7. The molecule has 30 heavy (non-hydrogen) atoms. The Kier molecular flexibility index (Phi) is 8.29. The molecule has 0 aliphatic heterocycles. The summed E-state index contributed by atoms with van der Waals surface area (Å²) in [6.07, 6.45) is 0. The number of hydrogen-bond donors (Lipinski definition) is 1. The molecule has 1 aromatic heterocycles. The van der Waals surface area contributed by atoms with E-state index in [9.17, 15) is 4.79 Å². The molecule has 0 atom stereocenters. The van der Waals surface area contributed by atoms with Crippen LogP contribution in [-0.4, -0.2) is 60.5 Å². The molecule has 1 heterocycles. The first kappa shape index (κ1) is 21.9. The Morgan fingerprint density at radius 2 is 1.97 bits per heavy atom. The molecule has 3 rings (SSSR count). The Hall–Kier alpha value is -2.84. The van der Waals surface area contributed by atoms with Gasteiger partial charge in [0.05, 0.1) is 12.4 Å². The van der Waals surface area contributed by atoms with E-state index in [-0.39, 0.29) is 5.91 Å². The van der Waals surface area contributed by atoms with Gasteiger partial charge in [0, 0.05) is 30.0 Å². The third kappa shape index (κ3) is 6.89. The summed E-state index contributed by atoms with van der Waals surface area (Å²) in [5, 5.41) is 11.1. The van der Waals surface area contributed by atoms with Crippen molar-refractivity contribution in [2.24, 2.45) is 0 Å². The summed E-state index contributed by atoms with van der Waals surface area (Å²) >= 11 is 1.66. The van der Waals surface area contributed by atoms with Gasteiger partial charge in [-0.3, -0.25) is 4.79 Å². The first-order valence-corrected chi connectivity index (χ1v) is 10.9. The number of rotatable bonds is 11. The number of carbonyl (C=O) groups excluding carboxylic acids is 1. The monoisotopic (exact) mass is 426 g/mol. The van der Waals surface area contributed by atoms with E-state index in [1.165, 1.54) is 0 Å². The highest BCUT2D eigenvalue weighted by atomic mass is 32.2. The second kappa shape index (κ2) is 11.4. The minimum absolute atomic E-state index is 0.118. The Morgan fingerprint density at radius 1 is 1.13 bits per heavy atom. The van der Waals surface area contributed by atoms with Crippen molar-refractivity contribution in [2.45, 2.75) is 5.75 Å². The first-order valence-electron chi connectivity index (χ1n) is 9.73. The van der Waals surface area contributed by atoms with Crippen LogP contribution < -0.4 is 10.1 Å². The van der Waals surface area contributed by atoms with E-state index in [1.54, 1.807) is 23.9 Å². The van der Waals surface area contributed by atoms with Crippen molar-refractivity contribution in [3.63, 3.8) is 0 Å².